The number of amides is 1. The van der Waals surface area contributed by atoms with E-state index < -0.39 is 5.69 Å². The van der Waals surface area contributed by atoms with Gasteiger partial charge in [0.2, 0.25) is 0 Å². The lowest BCUT2D eigenvalue weighted by Crippen LogP contribution is -2.28. The van der Waals surface area contributed by atoms with Gasteiger partial charge < -0.3 is 10.3 Å². The van der Waals surface area contributed by atoms with Crippen molar-refractivity contribution >= 4 is 17.7 Å². The summed E-state index contributed by atoms with van der Waals surface area (Å²) in [6.07, 6.45) is 1.77. The van der Waals surface area contributed by atoms with Gasteiger partial charge in [-0.2, -0.15) is 4.98 Å². The molecule has 0 bridgehead atoms. The highest BCUT2D eigenvalue weighted by atomic mass is 32.2. The van der Waals surface area contributed by atoms with E-state index in [0.717, 1.165) is 5.57 Å². The summed E-state index contributed by atoms with van der Waals surface area (Å²) in [5.41, 5.74) is 1.36. The number of nitrogens with zero attached hydrogens (tertiary/aromatic N) is 1. The summed E-state index contributed by atoms with van der Waals surface area (Å²) >= 11 is 1.27. The third kappa shape index (κ3) is 3.45. The van der Waals surface area contributed by atoms with Crippen LogP contribution >= 0.6 is 11.8 Å². The molecule has 17 heavy (non-hydrogen) atoms. The Kier molecular flexibility index (Phi) is 4.51. The van der Waals surface area contributed by atoms with Gasteiger partial charge in [-0.25, -0.2) is 4.79 Å². The van der Waals surface area contributed by atoms with Crippen molar-refractivity contribution in [1.82, 2.24) is 15.3 Å². The number of aromatic nitrogens is 2. The van der Waals surface area contributed by atoms with Gasteiger partial charge in [0, 0.05) is 12.2 Å². The number of aryl methyl sites for hydroxylation is 1. The van der Waals surface area contributed by atoms with Crippen molar-refractivity contribution in [3.8, 4) is 0 Å². The quantitative estimate of drug-likeness (QED) is 0.479. The molecule has 1 aromatic rings. The fourth-order valence-electron chi connectivity index (χ4n) is 1.29. The molecule has 6 heteroatoms. The lowest BCUT2D eigenvalue weighted by atomic mass is 10.2. The van der Waals surface area contributed by atoms with E-state index in [4.69, 9.17) is 0 Å². The minimum absolute atomic E-state index is 0.251. The van der Waals surface area contributed by atoms with Crippen LogP contribution in [-0.4, -0.2) is 28.7 Å². The Morgan fingerprint density at radius 3 is 2.76 bits per heavy atom. The van der Waals surface area contributed by atoms with Crippen molar-refractivity contribution in [3.63, 3.8) is 0 Å². The molecule has 0 saturated carbocycles. The summed E-state index contributed by atoms with van der Waals surface area (Å²) in [6, 6.07) is 0. The van der Waals surface area contributed by atoms with Gasteiger partial charge in [-0.3, -0.25) is 4.79 Å². The number of thioether (sulfide) groups is 1. The molecule has 0 radical (unpaired) electrons. The summed E-state index contributed by atoms with van der Waals surface area (Å²) in [4.78, 5) is 29.4. The molecule has 0 atom stereocenters. The molecule has 0 saturated heterocycles. The first-order chi connectivity index (χ1) is 7.95. The van der Waals surface area contributed by atoms with Crippen LogP contribution in [0.25, 0.3) is 0 Å². The summed E-state index contributed by atoms with van der Waals surface area (Å²) in [6.45, 7) is 7.62. The molecule has 1 rings (SSSR count). The number of nitrogens with one attached hydrogen (secondary N) is 2. The zero-order chi connectivity index (χ0) is 13.0. The molecule has 5 nitrogen and oxygen atoms in total. The predicted octanol–water partition coefficient (Wildman–Crippen LogP) is 1.11. The zero-order valence-corrected chi connectivity index (χ0v) is 10.9. The largest absolute Gasteiger partial charge is 0.348 e. The maximum atomic E-state index is 11.9. The smallest absolute Gasteiger partial charge is 0.346 e. The highest BCUT2D eigenvalue weighted by Gasteiger charge is 2.16. The number of aromatic amines is 1. The van der Waals surface area contributed by atoms with Crippen molar-refractivity contribution in [2.75, 3.05) is 12.8 Å². The third-order valence-corrected chi connectivity index (χ3v) is 2.74. The zero-order valence-electron chi connectivity index (χ0n) is 10.1. The topological polar surface area (TPSA) is 74.8 Å². The SMILES string of the molecule is C=C(C)CNC(=O)c1c(SC)nc(=O)[nH]c1C. The average molecular weight is 253 g/mol. The van der Waals surface area contributed by atoms with Crippen LogP contribution in [0.1, 0.15) is 23.0 Å². The van der Waals surface area contributed by atoms with Gasteiger partial charge in [0.15, 0.2) is 0 Å². The molecule has 1 aromatic heterocycles. The molecular weight excluding hydrogens is 238 g/mol. The van der Waals surface area contributed by atoms with Gasteiger partial charge in [0.1, 0.15) is 5.03 Å². The molecule has 92 valence electrons. The average Bonchev–Trinajstić information content (AvgIpc) is 2.24. The van der Waals surface area contributed by atoms with E-state index in [1.807, 2.05) is 6.92 Å². The Labute approximate surface area is 104 Å². The Hall–Kier alpha value is -1.56. The van der Waals surface area contributed by atoms with Crippen molar-refractivity contribution in [2.24, 2.45) is 0 Å². The first kappa shape index (κ1) is 13.5. The van der Waals surface area contributed by atoms with Crippen LogP contribution in [0.3, 0.4) is 0 Å². The normalized spacial score (nSPS) is 10.1. The van der Waals surface area contributed by atoms with Crippen molar-refractivity contribution in [1.29, 1.82) is 0 Å². The highest BCUT2D eigenvalue weighted by Crippen LogP contribution is 2.17. The predicted molar refractivity (Wildman–Crippen MR) is 68.5 cm³/mol. The number of rotatable bonds is 4. The van der Waals surface area contributed by atoms with E-state index in [2.05, 4.69) is 21.9 Å². The monoisotopic (exact) mass is 253 g/mol. The summed E-state index contributed by atoms with van der Waals surface area (Å²) in [5.74, 6) is -0.251. The Bertz CT molecular complexity index is 508. The summed E-state index contributed by atoms with van der Waals surface area (Å²) in [5, 5.41) is 3.16. The molecular formula is C11H15N3O2S. The van der Waals surface area contributed by atoms with Gasteiger partial charge in [-0.15, -0.1) is 11.8 Å². The molecule has 2 N–H and O–H groups in total. The van der Waals surface area contributed by atoms with Crippen LogP contribution in [0, 0.1) is 6.92 Å². The molecule has 0 spiro atoms. The molecule has 0 aromatic carbocycles. The molecule has 1 heterocycles. The van der Waals surface area contributed by atoms with Crippen LogP contribution < -0.4 is 11.0 Å². The van der Waals surface area contributed by atoms with Crippen LogP contribution in [0.4, 0.5) is 0 Å². The molecule has 0 aliphatic rings. The number of H-pyrrole nitrogens is 1. The second-order valence-electron chi connectivity index (χ2n) is 3.69. The van der Waals surface area contributed by atoms with E-state index in [-0.39, 0.29) is 5.91 Å². The minimum Gasteiger partial charge on any atom is -0.348 e. The lowest BCUT2D eigenvalue weighted by molar-refractivity contribution is 0.0952. The van der Waals surface area contributed by atoms with E-state index in [9.17, 15) is 9.59 Å². The van der Waals surface area contributed by atoms with Crippen molar-refractivity contribution in [2.45, 2.75) is 18.9 Å². The van der Waals surface area contributed by atoms with Crippen molar-refractivity contribution < 1.29 is 4.79 Å². The second kappa shape index (κ2) is 5.67. The van der Waals surface area contributed by atoms with Crippen molar-refractivity contribution in [3.05, 3.63) is 33.9 Å². The summed E-state index contributed by atoms with van der Waals surface area (Å²) < 4.78 is 0. The molecule has 0 aliphatic heterocycles. The van der Waals surface area contributed by atoms with Gasteiger partial charge in [0.25, 0.3) is 5.91 Å². The lowest BCUT2D eigenvalue weighted by Gasteiger charge is -2.09. The van der Waals surface area contributed by atoms with Crippen LogP contribution in [0.15, 0.2) is 22.0 Å². The number of hydrogen-bond donors (Lipinski definition) is 2. The third-order valence-electron chi connectivity index (χ3n) is 2.06. The van der Waals surface area contributed by atoms with E-state index in [0.29, 0.717) is 22.8 Å². The standard InChI is InChI=1S/C11H15N3O2S/c1-6(2)5-12-9(15)8-7(3)13-11(16)14-10(8)17-4/h1,5H2,2-4H3,(H,12,15)(H,13,14,16). The highest BCUT2D eigenvalue weighted by molar-refractivity contribution is 7.98. The molecule has 1 amide bonds. The minimum atomic E-state index is -0.441. The fraction of sp³-hybridized carbons (Fsp3) is 0.364. The first-order valence-electron chi connectivity index (χ1n) is 5.03. The Balaban J connectivity index is 3.08. The fourth-order valence-corrected chi connectivity index (χ4v) is 1.92. The van der Waals surface area contributed by atoms with E-state index in [1.165, 1.54) is 11.8 Å². The maximum Gasteiger partial charge on any atom is 0.346 e. The van der Waals surface area contributed by atoms with Crippen LogP contribution in [0.5, 0.6) is 0 Å². The van der Waals surface area contributed by atoms with Crippen LogP contribution in [0.2, 0.25) is 0 Å². The van der Waals surface area contributed by atoms with Crippen LogP contribution in [-0.2, 0) is 0 Å². The maximum absolute atomic E-state index is 11.9. The Morgan fingerprint density at radius 1 is 1.59 bits per heavy atom. The molecule has 0 unspecified atom stereocenters. The molecule has 0 aliphatic carbocycles. The van der Waals surface area contributed by atoms with Gasteiger partial charge in [-0.1, -0.05) is 12.2 Å². The molecule has 0 fully saturated rings. The summed E-state index contributed by atoms with van der Waals surface area (Å²) in [7, 11) is 0. The second-order valence-corrected chi connectivity index (χ2v) is 4.49. The van der Waals surface area contributed by atoms with Gasteiger partial charge in [0.05, 0.1) is 5.56 Å². The van der Waals surface area contributed by atoms with E-state index >= 15 is 0 Å². The number of hydrogen-bond acceptors (Lipinski definition) is 4. The first-order valence-corrected chi connectivity index (χ1v) is 6.25. The Morgan fingerprint density at radius 2 is 2.24 bits per heavy atom. The number of carbonyl (C=O) groups is 1. The number of carbonyl (C=O) groups excluding carboxylic acids is 1. The van der Waals surface area contributed by atoms with Gasteiger partial charge in [-0.05, 0) is 20.1 Å². The van der Waals surface area contributed by atoms with E-state index in [1.54, 1.807) is 13.2 Å². The van der Waals surface area contributed by atoms with Gasteiger partial charge >= 0.3 is 5.69 Å².